The van der Waals surface area contributed by atoms with E-state index in [2.05, 4.69) is 16.7 Å². The van der Waals surface area contributed by atoms with Gasteiger partial charge in [0.2, 0.25) is 11.7 Å². The maximum Gasteiger partial charge on any atom is 0.222 e. The predicted molar refractivity (Wildman–Crippen MR) is 170 cm³/mol. The third-order valence-electron chi connectivity index (χ3n) is 8.27. The molecular formula is C34H44ClN3O5. The Morgan fingerprint density at radius 3 is 2.51 bits per heavy atom. The number of hydrogen-bond donors (Lipinski definition) is 3. The molecule has 1 amide bonds. The molecule has 2 aromatic rings. The van der Waals surface area contributed by atoms with Crippen molar-refractivity contribution in [3.8, 4) is 0 Å². The van der Waals surface area contributed by atoms with E-state index in [1.165, 1.54) is 49.0 Å². The van der Waals surface area contributed by atoms with Gasteiger partial charge in [0.25, 0.3) is 0 Å². The van der Waals surface area contributed by atoms with Gasteiger partial charge in [-0.15, -0.1) is 0 Å². The number of ether oxygens (including phenoxy) is 1. The number of aryl methyl sites for hydroxylation is 1. The third-order valence-corrected chi connectivity index (χ3v) is 8.51. The van der Waals surface area contributed by atoms with Crippen LogP contribution in [0.1, 0.15) is 88.8 Å². The Balaban J connectivity index is 1.08. The maximum atomic E-state index is 12.4. The second kappa shape index (κ2) is 15.5. The summed E-state index contributed by atoms with van der Waals surface area (Å²) in [6, 6.07) is 5.98. The highest BCUT2D eigenvalue weighted by atomic mass is 35.5. The number of carbonyl (C=O) groups excluding carboxylic acids is 3. The van der Waals surface area contributed by atoms with E-state index in [-0.39, 0.29) is 42.5 Å². The van der Waals surface area contributed by atoms with Crippen molar-refractivity contribution in [1.82, 2.24) is 10.3 Å². The number of amides is 1. The topological polar surface area (TPSA) is 118 Å². The first-order valence-corrected chi connectivity index (χ1v) is 15.9. The van der Waals surface area contributed by atoms with Crippen molar-refractivity contribution in [3.05, 3.63) is 58.0 Å². The number of methoxy groups -OCH3 is 1. The number of fused-ring (bicyclic) bond motifs is 2. The van der Waals surface area contributed by atoms with Gasteiger partial charge in [-0.05, 0) is 88.1 Å². The smallest absolute Gasteiger partial charge is 0.222 e. The zero-order chi connectivity index (χ0) is 30.8. The molecule has 1 heterocycles. The summed E-state index contributed by atoms with van der Waals surface area (Å²) in [5.74, 6) is -0.879. The van der Waals surface area contributed by atoms with Crippen LogP contribution in [0, 0.1) is 0 Å². The van der Waals surface area contributed by atoms with E-state index in [0.29, 0.717) is 12.1 Å². The molecule has 0 spiro atoms. The largest absolute Gasteiger partial charge is 0.493 e. The maximum absolute atomic E-state index is 12.4. The van der Waals surface area contributed by atoms with Gasteiger partial charge in [0, 0.05) is 46.5 Å². The minimum Gasteiger partial charge on any atom is -0.493 e. The first-order valence-electron chi connectivity index (χ1n) is 15.6. The lowest BCUT2D eigenvalue weighted by molar-refractivity contribution is -0.125. The Labute approximate surface area is 259 Å². The first-order chi connectivity index (χ1) is 20.7. The molecule has 3 N–H and O–H groups in total. The highest BCUT2D eigenvalue weighted by Gasteiger charge is 2.27. The van der Waals surface area contributed by atoms with Gasteiger partial charge in [-0.2, -0.15) is 0 Å². The number of nitrogens with one attached hydrogen (secondary N) is 2. The van der Waals surface area contributed by atoms with Crippen LogP contribution in [0.25, 0.3) is 10.9 Å². The lowest BCUT2D eigenvalue weighted by Gasteiger charge is -2.23. The predicted octanol–water partition coefficient (Wildman–Crippen LogP) is 6.17. The fourth-order valence-electron chi connectivity index (χ4n) is 5.84. The van der Waals surface area contributed by atoms with E-state index in [0.717, 1.165) is 73.8 Å². The third kappa shape index (κ3) is 9.38. The zero-order valence-electron chi connectivity index (χ0n) is 25.4. The Bertz CT molecular complexity index is 1400. The van der Waals surface area contributed by atoms with E-state index in [1.54, 1.807) is 6.92 Å². The molecule has 1 aromatic heterocycles. The number of nitrogens with zero attached hydrogens (tertiary/aromatic N) is 1. The second-order valence-electron chi connectivity index (χ2n) is 12.0. The molecule has 1 atom stereocenters. The number of pyridine rings is 1. The summed E-state index contributed by atoms with van der Waals surface area (Å²) in [5.41, 5.74) is 3.83. The lowest BCUT2D eigenvalue weighted by atomic mass is 9.90. The summed E-state index contributed by atoms with van der Waals surface area (Å²) in [4.78, 5) is 41.4. The van der Waals surface area contributed by atoms with Gasteiger partial charge in [0.15, 0.2) is 11.5 Å². The van der Waals surface area contributed by atoms with Gasteiger partial charge in [0.05, 0.1) is 24.6 Å². The van der Waals surface area contributed by atoms with Crippen LogP contribution in [-0.4, -0.2) is 53.4 Å². The van der Waals surface area contributed by atoms with Crippen LogP contribution in [0.2, 0.25) is 5.02 Å². The molecule has 0 saturated carbocycles. The van der Waals surface area contributed by atoms with Gasteiger partial charge < -0.3 is 20.5 Å². The normalized spacial score (nSPS) is 16.3. The van der Waals surface area contributed by atoms with Crippen molar-refractivity contribution in [2.75, 3.05) is 25.5 Å². The monoisotopic (exact) mass is 609 g/mol. The summed E-state index contributed by atoms with van der Waals surface area (Å²) in [7, 11) is 1.34. The number of ketones is 2. The number of hydrogen-bond acceptors (Lipinski definition) is 7. The lowest BCUT2D eigenvalue weighted by Crippen LogP contribution is -2.35. The minimum atomic E-state index is -1.28. The molecule has 9 heteroatoms. The SMILES string of the molecule is COC1=CC(=O)C(CCC(C)(O)CC(=O)NCCCCCCCCNc2c3c(nc4cc(Cl)ccc24)CCCC3)=CC1=O. The van der Waals surface area contributed by atoms with Gasteiger partial charge in [-0.25, -0.2) is 0 Å². The van der Waals surface area contributed by atoms with Crippen molar-refractivity contribution in [1.29, 1.82) is 0 Å². The Kier molecular flexibility index (Phi) is 11.8. The standard InChI is InChI=1S/C34H44ClN3O5/c1-34(42,16-15-23-19-30(40)31(43-2)21-29(23)39)22-32(41)36-17-9-5-3-4-6-10-18-37-33-25-11-7-8-12-27(25)38-28-20-24(35)13-14-26(28)33/h13-14,19-21,42H,3-12,15-18,22H2,1-2H3,(H,36,41)(H,37,38). The zero-order valence-corrected chi connectivity index (χ0v) is 26.2. The molecule has 0 aliphatic heterocycles. The highest BCUT2D eigenvalue weighted by Crippen LogP contribution is 2.34. The molecule has 4 rings (SSSR count). The van der Waals surface area contributed by atoms with Crippen LogP contribution >= 0.6 is 11.6 Å². The van der Waals surface area contributed by atoms with E-state index in [1.807, 2.05) is 12.1 Å². The van der Waals surface area contributed by atoms with Crippen LogP contribution < -0.4 is 10.6 Å². The molecule has 1 aromatic carbocycles. The van der Waals surface area contributed by atoms with Crippen LogP contribution in [0.3, 0.4) is 0 Å². The molecule has 8 nitrogen and oxygen atoms in total. The first kappa shape index (κ1) is 32.7. The molecule has 2 aliphatic rings. The Hall–Kier alpha value is -3.23. The highest BCUT2D eigenvalue weighted by molar-refractivity contribution is 6.31. The van der Waals surface area contributed by atoms with Crippen LogP contribution in [-0.2, 0) is 32.0 Å². The molecule has 1 unspecified atom stereocenters. The molecule has 0 saturated heterocycles. The average Bonchev–Trinajstić information content (AvgIpc) is 2.97. The van der Waals surface area contributed by atoms with Gasteiger partial charge >= 0.3 is 0 Å². The molecule has 2 aliphatic carbocycles. The quantitative estimate of drug-likeness (QED) is 0.154. The number of carbonyl (C=O) groups is 3. The van der Waals surface area contributed by atoms with Gasteiger partial charge in [-0.1, -0.05) is 37.3 Å². The number of allylic oxidation sites excluding steroid dienone is 3. The van der Waals surface area contributed by atoms with Crippen molar-refractivity contribution in [2.45, 2.75) is 96.0 Å². The van der Waals surface area contributed by atoms with Gasteiger partial charge in [-0.3, -0.25) is 19.4 Å². The summed E-state index contributed by atoms with van der Waals surface area (Å²) in [6.07, 6.45) is 13.7. The second-order valence-corrected chi connectivity index (χ2v) is 12.4. The number of benzene rings is 1. The van der Waals surface area contributed by atoms with Crippen LogP contribution in [0.5, 0.6) is 0 Å². The van der Waals surface area contributed by atoms with Crippen LogP contribution in [0.15, 0.2) is 41.7 Å². The van der Waals surface area contributed by atoms with Gasteiger partial charge in [0.1, 0.15) is 0 Å². The Morgan fingerprint density at radius 2 is 1.74 bits per heavy atom. The van der Waals surface area contributed by atoms with Crippen LogP contribution in [0.4, 0.5) is 5.69 Å². The van der Waals surface area contributed by atoms with E-state index in [4.69, 9.17) is 21.3 Å². The fraction of sp³-hybridized carbons (Fsp3) is 0.529. The van der Waals surface area contributed by atoms with Crippen molar-refractivity contribution in [3.63, 3.8) is 0 Å². The fourth-order valence-corrected chi connectivity index (χ4v) is 6.00. The molecule has 0 bridgehead atoms. The van der Waals surface area contributed by atoms with E-state index >= 15 is 0 Å². The van der Waals surface area contributed by atoms with Crippen molar-refractivity contribution in [2.24, 2.45) is 0 Å². The number of halogens is 1. The minimum absolute atomic E-state index is 0.0102. The molecule has 43 heavy (non-hydrogen) atoms. The average molecular weight is 610 g/mol. The summed E-state index contributed by atoms with van der Waals surface area (Å²) in [6.45, 7) is 3.08. The number of rotatable bonds is 16. The van der Waals surface area contributed by atoms with E-state index < -0.39 is 5.60 Å². The van der Waals surface area contributed by atoms with Crippen molar-refractivity contribution >= 4 is 45.7 Å². The number of aliphatic hydroxyl groups is 1. The van der Waals surface area contributed by atoms with Crippen molar-refractivity contribution < 1.29 is 24.2 Å². The number of aromatic nitrogens is 1. The molecule has 232 valence electrons. The number of anilines is 1. The molecule has 0 radical (unpaired) electrons. The number of unbranched alkanes of at least 4 members (excludes halogenated alkanes) is 5. The van der Waals surface area contributed by atoms with E-state index in [9.17, 15) is 19.5 Å². The molecule has 0 fully saturated rings. The summed E-state index contributed by atoms with van der Waals surface area (Å²) >= 11 is 6.24. The molecular weight excluding hydrogens is 566 g/mol. The summed E-state index contributed by atoms with van der Waals surface area (Å²) < 4.78 is 4.89. The summed E-state index contributed by atoms with van der Waals surface area (Å²) in [5, 5.41) is 19.1. The Morgan fingerprint density at radius 1 is 1.02 bits per heavy atom.